The molecule has 0 aliphatic heterocycles. The number of nitrogen functional groups attached to an aromatic ring is 1. The molecule has 3 nitrogen and oxygen atoms in total. The van der Waals surface area contributed by atoms with Gasteiger partial charge in [-0.2, -0.15) is 0 Å². The molecule has 0 radical (unpaired) electrons. The summed E-state index contributed by atoms with van der Waals surface area (Å²) in [6.45, 7) is 0.629. The Balaban J connectivity index is 2.27. The average Bonchev–Trinajstić information content (AvgIpc) is 2.28. The summed E-state index contributed by atoms with van der Waals surface area (Å²) in [7, 11) is 1.91. The minimum Gasteiger partial charge on any atom is -0.399 e. The van der Waals surface area contributed by atoms with Gasteiger partial charge in [0.05, 0.1) is 28.0 Å². The van der Waals surface area contributed by atoms with Crippen molar-refractivity contribution in [3.63, 3.8) is 0 Å². The van der Waals surface area contributed by atoms with E-state index in [9.17, 15) is 0 Å². The van der Waals surface area contributed by atoms with Crippen molar-refractivity contribution >= 4 is 34.6 Å². The molecule has 2 aromatic rings. The molecular formula is C13H13Cl2N3. The molecule has 0 fully saturated rings. The lowest BCUT2D eigenvalue weighted by Crippen LogP contribution is -2.18. The van der Waals surface area contributed by atoms with Crippen molar-refractivity contribution in [2.24, 2.45) is 0 Å². The first-order valence-electron chi connectivity index (χ1n) is 5.43. The van der Waals surface area contributed by atoms with Crippen LogP contribution in [-0.4, -0.2) is 12.0 Å². The molecule has 94 valence electrons. The third kappa shape index (κ3) is 2.86. The number of anilines is 2. The number of nitrogens with two attached hydrogens (primary N) is 1. The molecule has 0 atom stereocenters. The van der Waals surface area contributed by atoms with Crippen molar-refractivity contribution in [2.75, 3.05) is 17.7 Å². The van der Waals surface area contributed by atoms with Crippen LogP contribution in [0.15, 0.2) is 36.5 Å². The highest BCUT2D eigenvalue weighted by Gasteiger charge is 2.12. The second-order valence-corrected chi connectivity index (χ2v) is 4.82. The Kier molecular flexibility index (Phi) is 3.94. The zero-order chi connectivity index (χ0) is 13.1. The van der Waals surface area contributed by atoms with Crippen LogP contribution in [0.2, 0.25) is 10.0 Å². The van der Waals surface area contributed by atoms with Crippen molar-refractivity contribution in [1.29, 1.82) is 0 Å². The van der Waals surface area contributed by atoms with Gasteiger partial charge in [0.2, 0.25) is 0 Å². The first-order valence-corrected chi connectivity index (χ1v) is 6.19. The SMILES string of the molecule is CN(Cc1ccccn1)c1c(Cl)cc(N)cc1Cl. The topological polar surface area (TPSA) is 42.2 Å². The van der Waals surface area contributed by atoms with Gasteiger partial charge in [-0.05, 0) is 24.3 Å². The average molecular weight is 282 g/mol. The van der Waals surface area contributed by atoms with E-state index in [1.807, 2.05) is 30.1 Å². The lowest BCUT2D eigenvalue weighted by molar-refractivity contribution is 0.885. The van der Waals surface area contributed by atoms with E-state index < -0.39 is 0 Å². The van der Waals surface area contributed by atoms with Gasteiger partial charge in [-0.25, -0.2) is 0 Å². The largest absolute Gasteiger partial charge is 0.399 e. The zero-order valence-electron chi connectivity index (χ0n) is 9.90. The molecule has 2 N–H and O–H groups in total. The summed E-state index contributed by atoms with van der Waals surface area (Å²) in [5.41, 5.74) is 7.95. The summed E-state index contributed by atoms with van der Waals surface area (Å²) in [6.07, 6.45) is 1.76. The minimum absolute atomic E-state index is 0.540. The van der Waals surface area contributed by atoms with Gasteiger partial charge in [-0.1, -0.05) is 29.3 Å². The van der Waals surface area contributed by atoms with Gasteiger partial charge in [-0.15, -0.1) is 0 Å². The van der Waals surface area contributed by atoms with E-state index in [2.05, 4.69) is 4.98 Å². The van der Waals surface area contributed by atoms with Crippen LogP contribution in [0.1, 0.15) is 5.69 Å². The Morgan fingerprint density at radius 1 is 1.22 bits per heavy atom. The van der Waals surface area contributed by atoms with Gasteiger partial charge in [0.15, 0.2) is 0 Å². The van der Waals surface area contributed by atoms with Crippen LogP contribution in [0, 0.1) is 0 Å². The maximum absolute atomic E-state index is 6.17. The molecule has 0 unspecified atom stereocenters. The summed E-state index contributed by atoms with van der Waals surface area (Å²) < 4.78 is 0. The second kappa shape index (κ2) is 5.46. The molecular weight excluding hydrogens is 269 g/mol. The molecule has 1 heterocycles. The highest BCUT2D eigenvalue weighted by Crippen LogP contribution is 2.35. The highest BCUT2D eigenvalue weighted by atomic mass is 35.5. The fourth-order valence-electron chi connectivity index (χ4n) is 1.76. The molecule has 5 heteroatoms. The van der Waals surface area contributed by atoms with Gasteiger partial charge in [0.1, 0.15) is 0 Å². The first-order chi connectivity index (χ1) is 8.58. The number of benzene rings is 1. The van der Waals surface area contributed by atoms with E-state index in [4.69, 9.17) is 28.9 Å². The van der Waals surface area contributed by atoms with Crippen molar-refractivity contribution in [3.05, 3.63) is 52.3 Å². The predicted octanol–water partition coefficient (Wildman–Crippen LogP) is 3.61. The summed E-state index contributed by atoms with van der Waals surface area (Å²) in [4.78, 5) is 6.22. The van der Waals surface area contributed by atoms with E-state index >= 15 is 0 Å². The number of aromatic nitrogens is 1. The van der Waals surface area contributed by atoms with E-state index in [0.717, 1.165) is 11.4 Å². The Morgan fingerprint density at radius 3 is 2.44 bits per heavy atom. The number of halogens is 2. The fraction of sp³-hybridized carbons (Fsp3) is 0.154. The van der Waals surface area contributed by atoms with Gasteiger partial charge in [-0.3, -0.25) is 4.98 Å². The van der Waals surface area contributed by atoms with Crippen LogP contribution < -0.4 is 10.6 Å². The van der Waals surface area contributed by atoms with Crippen LogP contribution >= 0.6 is 23.2 Å². The molecule has 2 rings (SSSR count). The molecule has 0 aliphatic rings. The number of nitrogens with zero attached hydrogens (tertiary/aromatic N) is 2. The lowest BCUT2D eigenvalue weighted by Gasteiger charge is -2.21. The molecule has 1 aromatic heterocycles. The van der Waals surface area contributed by atoms with E-state index in [1.165, 1.54) is 0 Å². The third-order valence-corrected chi connectivity index (χ3v) is 3.12. The van der Waals surface area contributed by atoms with Crippen LogP contribution in [0.25, 0.3) is 0 Å². The molecule has 0 saturated carbocycles. The Labute approximate surface area is 116 Å². The molecule has 0 saturated heterocycles. The molecule has 0 aliphatic carbocycles. The molecule has 1 aromatic carbocycles. The smallest absolute Gasteiger partial charge is 0.0747 e. The van der Waals surface area contributed by atoms with Gasteiger partial charge < -0.3 is 10.6 Å². The van der Waals surface area contributed by atoms with Crippen molar-refractivity contribution in [1.82, 2.24) is 4.98 Å². The number of hydrogen-bond donors (Lipinski definition) is 1. The van der Waals surface area contributed by atoms with Crippen LogP contribution in [0.3, 0.4) is 0 Å². The lowest BCUT2D eigenvalue weighted by atomic mass is 10.2. The quantitative estimate of drug-likeness (QED) is 0.874. The maximum Gasteiger partial charge on any atom is 0.0747 e. The van der Waals surface area contributed by atoms with Crippen LogP contribution in [-0.2, 0) is 6.54 Å². The second-order valence-electron chi connectivity index (χ2n) is 4.01. The molecule has 0 spiro atoms. The van der Waals surface area contributed by atoms with Gasteiger partial charge in [0.25, 0.3) is 0 Å². The zero-order valence-corrected chi connectivity index (χ0v) is 11.4. The highest BCUT2D eigenvalue weighted by molar-refractivity contribution is 6.39. The van der Waals surface area contributed by atoms with Crippen molar-refractivity contribution < 1.29 is 0 Å². The predicted molar refractivity (Wildman–Crippen MR) is 77.2 cm³/mol. The maximum atomic E-state index is 6.17. The Morgan fingerprint density at radius 2 is 1.89 bits per heavy atom. The van der Waals surface area contributed by atoms with Gasteiger partial charge >= 0.3 is 0 Å². The van der Waals surface area contributed by atoms with E-state index in [1.54, 1.807) is 18.3 Å². The van der Waals surface area contributed by atoms with Crippen LogP contribution in [0.4, 0.5) is 11.4 Å². The van der Waals surface area contributed by atoms with E-state index in [0.29, 0.717) is 22.3 Å². The minimum atomic E-state index is 0.540. The monoisotopic (exact) mass is 281 g/mol. The van der Waals surface area contributed by atoms with Crippen molar-refractivity contribution in [3.8, 4) is 0 Å². The fourth-order valence-corrected chi connectivity index (χ4v) is 2.56. The molecule has 0 amide bonds. The van der Waals surface area contributed by atoms with Crippen molar-refractivity contribution in [2.45, 2.75) is 6.54 Å². The summed E-state index contributed by atoms with van der Waals surface area (Å²) in [6, 6.07) is 9.17. The summed E-state index contributed by atoms with van der Waals surface area (Å²) in [5.74, 6) is 0. The summed E-state index contributed by atoms with van der Waals surface area (Å²) in [5, 5.41) is 1.08. The number of pyridine rings is 1. The molecule has 18 heavy (non-hydrogen) atoms. The number of rotatable bonds is 3. The van der Waals surface area contributed by atoms with E-state index in [-0.39, 0.29) is 0 Å². The normalized spacial score (nSPS) is 10.4. The third-order valence-electron chi connectivity index (χ3n) is 2.55. The molecule has 0 bridgehead atoms. The number of hydrogen-bond acceptors (Lipinski definition) is 3. The standard InChI is InChI=1S/C13H13Cl2N3/c1-18(8-10-4-2-3-5-17-10)13-11(14)6-9(16)7-12(13)15/h2-7H,8,16H2,1H3. The Bertz CT molecular complexity index is 520. The Hall–Kier alpha value is -1.45. The first kappa shape index (κ1) is 13.0. The summed E-state index contributed by atoms with van der Waals surface area (Å²) >= 11 is 12.3. The van der Waals surface area contributed by atoms with Gasteiger partial charge in [0, 0.05) is 18.9 Å². The van der Waals surface area contributed by atoms with Crippen LogP contribution in [0.5, 0.6) is 0 Å².